The quantitative estimate of drug-likeness (QED) is 0.583. The Morgan fingerprint density at radius 3 is 2.29 bits per heavy atom. The van der Waals surface area contributed by atoms with Crippen LogP contribution in [0.4, 0.5) is 0 Å². The fourth-order valence-corrected chi connectivity index (χ4v) is 2.73. The number of ether oxygens (including phenoxy) is 1. The van der Waals surface area contributed by atoms with Crippen molar-refractivity contribution in [2.24, 2.45) is 0 Å². The molecule has 0 aliphatic heterocycles. The molecule has 21 heavy (non-hydrogen) atoms. The molecule has 0 unspecified atom stereocenters. The molecule has 0 aromatic heterocycles. The standard InChI is InChI=1S/C12H15NO7S/c1-20-12(17)8-2-4-9(5-3-8)21(18,19)13-10(6-7-14)11(15)16/h2-5,10,13-14H,6-7H2,1H3,(H,15,16)/t10-/m1/s1. The smallest absolute Gasteiger partial charge is 0.337 e. The molecule has 0 amide bonds. The number of carboxylic acid groups (broad SMARTS) is 1. The largest absolute Gasteiger partial charge is 0.480 e. The van der Waals surface area contributed by atoms with E-state index in [1.165, 1.54) is 19.2 Å². The van der Waals surface area contributed by atoms with Crippen molar-refractivity contribution in [3.63, 3.8) is 0 Å². The number of nitrogens with one attached hydrogen (secondary N) is 1. The molecule has 0 radical (unpaired) electrons. The van der Waals surface area contributed by atoms with E-state index in [2.05, 4.69) is 4.74 Å². The van der Waals surface area contributed by atoms with E-state index in [4.69, 9.17) is 10.2 Å². The lowest BCUT2D eigenvalue weighted by Crippen LogP contribution is -2.41. The van der Waals surface area contributed by atoms with Crippen molar-refractivity contribution in [2.45, 2.75) is 17.4 Å². The number of aliphatic carboxylic acids is 1. The second-order valence-electron chi connectivity index (χ2n) is 4.04. The number of hydrogen-bond acceptors (Lipinski definition) is 6. The van der Waals surface area contributed by atoms with Crippen LogP contribution in [-0.2, 0) is 19.6 Å². The zero-order chi connectivity index (χ0) is 16.0. The third-order valence-corrected chi connectivity index (χ3v) is 4.09. The molecule has 1 rings (SSSR count). The van der Waals surface area contributed by atoms with Gasteiger partial charge in [0, 0.05) is 6.61 Å². The molecular weight excluding hydrogens is 302 g/mol. The summed E-state index contributed by atoms with van der Waals surface area (Å²) < 4.78 is 30.4. The van der Waals surface area contributed by atoms with Crippen LogP contribution >= 0.6 is 0 Å². The lowest BCUT2D eigenvalue weighted by atomic mass is 10.2. The molecule has 0 fully saturated rings. The summed E-state index contributed by atoms with van der Waals surface area (Å²) in [5, 5.41) is 17.6. The summed E-state index contributed by atoms with van der Waals surface area (Å²) in [6, 6.07) is 3.39. The number of benzene rings is 1. The van der Waals surface area contributed by atoms with Gasteiger partial charge in [0.1, 0.15) is 6.04 Å². The molecular formula is C12H15NO7S. The molecule has 9 heteroatoms. The molecule has 0 bridgehead atoms. The van der Waals surface area contributed by atoms with E-state index >= 15 is 0 Å². The first kappa shape index (κ1) is 17.1. The molecule has 1 aromatic rings. The van der Waals surface area contributed by atoms with Gasteiger partial charge in [0.05, 0.1) is 17.6 Å². The normalized spacial score (nSPS) is 12.7. The monoisotopic (exact) mass is 317 g/mol. The van der Waals surface area contributed by atoms with Crippen LogP contribution in [0.5, 0.6) is 0 Å². The van der Waals surface area contributed by atoms with Crippen LogP contribution in [0.1, 0.15) is 16.8 Å². The highest BCUT2D eigenvalue weighted by Crippen LogP contribution is 2.12. The van der Waals surface area contributed by atoms with Crippen LogP contribution in [-0.4, -0.2) is 50.3 Å². The Balaban J connectivity index is 2.97. The molecule has 0 saturated carbocycles. The topological polar surface area (TPSA) is 130 Å². The van der Waals surface area contributed by atoms with E-state index in [1.807, 2.05) is 4.72 Å². The third kappa shape index (κ3) is 4.52. The summed E-state index contributed by atoms with van der Waals surface area (Å²) in [6.07, 6.45) is -0.255. The van der Waals surface area contributed by atoms with Gasteiger partial charge in [-0.2, -0.15) is 4.72 Å². The van der Waals surface area contributed by atoms with Gasteiger partial charge in [-0.25, -0.2) is 13.2 Å². The molecule has 0 aliphatic rings. The van der Waals surface area contributed by atoms with Crippen molar-refractivity contribution in [1.82, 2.24) is 4.72 Å². The summed E-state index contributed by atoms with van der Waals surface area (Å²) in [5.41, 5.74) is 0.168. The molecule has 0 heterocycles. The van der Waals surface area contributed by atoms with Crippen LogP contribution in [0.3, 0.4) is 0 Å². The summed E-state index contributed by atoms with van der Waals surface area (Å²) in [7, 11) is -2.87. The second kappa shape index (κ2) is 7.16. The zero-order valence-electron chi connectivity index (χ0n) is 11.1. The van der Waals surface area contributed by atoms with E-state index in [9.17, 15) is 18.0 Å². The van der Waals surface area contributed by atoms with Crippen LogP contribution in [0.15, 0.2) is 29.2 Å². The Bertz CT molecular complexity index is 609. The number of hydrogen-bond donors (Lipinski definition) is 3. The number of carboxylic acids is 1. The number of carbonyl (C=O) groups excluding carboxylic acids is 1. The number of esters is 1. The van der Waals surface area contributed by atoms with Gasteiger partial charge in [0.15, 0.2) is 0 Å². The fourth-order valence-electron chi connectivity index (χ4n) is 1.51. The Hall–Kier alpha value is -1.97. The first-order valence-electron chi connectivity index (χ1n) is 5.86. The Labute approximate surface area is 121 Å². The van der Waals surface area contributed by atoms with Crippen molar-refractivity contribution < 1.29 is 33.0 Å². The minimum absolute atomic E-state index is 0.168. The van der Waals surface area contributed by atoms with Gasteiger partial charge >= 0.3 is 11.9 Å². The number of carbonyl (C=O) groups is 2. The average molecular weight is 317 g/mol. The molecule has 0 aliphatic carbocycles. The van der Waals surface area contributed by atoms with Gasteiger partial charge in [0.2, 0.25) is 10.0 Å². The van der Waals surface area contributed by atoms with Crippen LogP contribution in [0.25, 0.3) is 0 Å². The highest BCUT2D eigenvalue weighted by Gasteiger charge is 2.25. The minimum Gasteiger partial charge on any atom is -0.480 e. The lowest BCUT2D eigenvalue weighted by molar-refractivity contribution is -0.139. The predicted octanol–water partition coefficient (Wildman–Crippen LogP) is -0.413. The maximum Gasteiger partial charge on any atom is 0.337 e. The second-order valence-corrected chi connectivity index (χ2v) is 5.75. The maximum atomic E-state index is 12.0. The Morgan fingerprint density at radius 2 is 1.86 bits per heavy atom. The highest BCUT2D eigenvalue weighted by atomic mass is 32.2. The number of aliphatic hydroxyl groups is 1. The summed E-state index contributed by atoms with van der Waals surface area (Å²) in [4.78, 5) is 21.9. The summed E-state index contributed by atoms with van der Waals surface area (Å²) in [5.74, 6) is -2.01. The van der Waals surface area contributed by atoms with Gasteiger partial charge in [-0.3, -0.25) is 4.79 Å². The maximum absolute atomic E-state index is 12.0. The van der Waals surface area contributed by atoms with Crippen LogP contribution < -0.4 is 4.72 Å². The summed E-state index contributed by atoms with van der Waals surface area (Å²) >= 11 is 0. The fraction of sp³-hybridized carbons (Fsp3) is 0.333. The van der Waals surface area contributed by atoms with Crippen molar-refractivity contribution >= 4 is 22.0 Å². The first-order chi connectivity index (χ1) is 9.81. The number of methoxy groups -OCH3 is 1. The number of rotatable bonds is 7. The van der Waals surface area contributed by atoms with E-state index in [0.29, 0.717) is 0 Å². The molecule has 0 saturated heterocycles. The molecule has 1 atom stereocenters. The van der Waals surface area contributed by atoms with Gasteiger partial charge < -0.3 is 14.9 Å². The van der Waals surface area contributed by atoms with E-state index < -0.39 is 34.6 Å². The zero-order valence-corrected chi connectivity index (χ0v) is 12.0. The lowest BCUT2D eigenvalue weighted by Gasteiger charge is -2.13. The minimum atomic E-state index is -4.07. The molecule has 8 nitrogen and oxygen atoms in total. The molecule has 1 aromatic carbocycles. The molecule has 3 N–H and O–H groups in total. The van der Waals surface area contributed by atoms with Crippen molar-refractivity contribution in [3.8, 4) is 0 Å². The summed E-state index contributed by atoms with van der Waals surface area (Å²) in [6.45, 7) is -0.471. The van der Waals surface area contributed by atoms with Crippen LogP contribution in [0.2, 0.25) is 0 Å². The van der Waals surface area contributed by atoms with Gasteiger partial charge in [-0.05, 0) is 30.7 Å². The Kier molecular flexibility index (Phi) is 5.82. The van der Waals surface area contributed by atoms with Crippen LogP contribution in [0, 0.1) is 0 Å². The van der Waals surface area contributed by atoms with Crippen molar-refractivity contribution in [1.29, 1.82) is 0 Å². The van der Waals surface area contributed by atoms with E-state index in [0.717, 1.165) is 12.1 Å². The highest BCUT2D eigenvalue weighted by molar-refractivity contribution is 7.89. The van der Waals surface area contributed by atoms with Gasteiger partial charge in [0.25, 0.3) is 0 Å². The predicted molar refractivity (Wildman–Crippen MR) is 71.2 cm³/mol. The third-order valence-electron chi connectivity index (χ3n) is 2.60. The Morgan fingerprint density at radius 1 is 1.29 bits per heavy atom. The van der Waals surface area contributed by atoms with E-state index in [1.54, 1.807) is 0 Å². The molecule has 116 valence electrons. The van der Waals surface area contributed by atoms with Gasteiger partial charge in [-0.1, -0.05) is 0 Å². The number of aliphatic hydroxyl groups excluding tert-OH is 1. The van der Waals surface area contributed by atoms with Crippen molar-refractivity contribution in [2.75, 3.05) is 13.7 Å². The SMILES string of the molecule is COC(=O)c1ccc(S(=O)(=O)N[C@H](CCO)C(=O)O)cc1. The van der Waals surface area contributed by atoms with Crippen molar-refractivity contribution in [3.05, 3.63) is 29.8 Å². The average Bonchev–Trinajstić information content (AvgIpc) is 2.45. The van der Waals surface area contributed by atoms with Gasteiger partial charge in [-0.15, -0.1) is 0 Å². The van der Waals surface area contributed by atoms with E-state index in [-0.39, 0.29) is 16.9 Å². The first-order valence-corrected chi connectivity index (χ1v) is 7.34. The molecule has 0 spiro atoms. The number of sulfonamides is 1.